The summed E-state index contributed by atoms with van der Waals surface area (Å²) in [7, 11) is 3.48. The number of likely N-dealkylation sites (N-methyl/N-ethyl adjacent to an activating group) is 1. The molecule has 0 aliphatic carbocycles. The van der Waals surface area contributed by atoms with Gasteiger partial charge in [-0.15, -0.1) is 0 Å². The molecule has 0 aliphatic rings. The summed E-state index contributed by atoms with van der Waals surface area (Å²) in [6, 6.07) is 15.2. The number of Topliss-reactive ketones (excluding diaryl/α,β-unsaturated/α-hetero) is 1. The summed E-state index contributed by atoms with van der Waals surface area (Å²) in [6.45, 7) is 1.08. The van der Waals surface area contributed by atoms with Crippen molar-refractivity contribution in [1.29, 1.82) is 0 Å². The number of carbonyl (C=O) groups excluding carboxylic acids is 1. The lowest BCUT2D eigenvalue weighted by atomic mass is 10.1. The van der Waals surface area contributed by atoms with Gasteiger partial charge in [-0.1, -0.05) is 41.9 Å². The van der Waals surface area contributed by atoms with Crippen molar-refractivity contribution in [2.75, 3.05) is 20.7 Å². The van der Waals surface area contributed by atoms with E-state index >= 15 is 0 Å². The summed E-state index contributed by atoms with van der Waals surface area (Å²) in [5.41, 5.74) is 1.78. The first kappa shape index (κ1) is 15.5. The number of benzene rings is 2. The van der Waals surface area contributed by atoms with Crippen LogP contribution in [0.3, 0.4) is 0 Å². The smallest absolute Gasteiger partial charge is 0.176 e. The second kappa shape index (κ2) is 7.25. The fourth-order valence-electron chi connectivity index (χ4n) is 2.13. The molecule has 0 amide bonds. The lowest BCUT2D eigenvalue weighted by Gasteiger charge is -2.16. The van der Waals surface area contributed by atoms with Crippen LogP contribution in [0.25, 0.3) is 0 Å². The molecule has 2 aromatic carbocycles. The molecule has 21 heavy (non-hydrogen) atoms. The van der Waals surface area contributed by atoms with Gasteiger partial charge in [0.25, 0.3) is 0 Å². The summed E-state index contributed by atoms with van der Waals surface area (Å²) in [5.74, 6) is 0.615. The minimum atomic E-state index is 0.0398. The summed E-state index contributed by atoms with van der Waals surface area (Å²) in [5, 5.41) is 0.453. The number of methoxy groups -OCH3 is 1. The minimum Gasteiger partial charge on any atom is -0.495 e. The molecular formula is C17H18ClNO2. The second-order valence-corrected chi connectivity index (χ2v) is 5.34. The highest BCUT2D eigenvalue weighted by atomic mass is 35.5. The maximum atomic E-state index is 12.3. The van der Waals surface area contributed by atoms with Crippen LogP contribution in [0.2, 0.25) is 5.02 Å². The zero-order valence-electron chi connectivity index (χ0n) is 12.2. The molecule has 0 atom stereocenters. The topological polar surface area (TPSA) is 29.5 Å². The average molecular weight is 304 g/mol. The first-order valence-corrected chi connectivity index (χ1v) is 7.07. The molecule has 0 fully saturated rings. The van der Waals surface area contributed by atoms with E-state index in [9.17, 15) is 4.79 Å². The van der Waals surface area contributed by atoms with Crippen LogP contribution in [0.15, 0.2) is 48.5 Å². The zero-order valence-corrected chi connectivity index (χ0v) is 12.9. The quantitative estimate of drug-likeness (QED) is 0.763. The molecule has 0 bridgehead atoms. The Hall–Kier alpha value is -1.84. The summed E-state index contributed by atoms with van der Waals surface area (Å²) >= 11 is 6.05. The van der Waals surface area contributed by atoms with E-state index in [4.69, 9.17) is 16.3 Å². The van der Waals surface area contributed by atoms with Crippen LogP contribution in [-0.4, -0.2) is 31.4 Å². The number of hydrogen-bond acceptors (Lipinski definition) is 3. The van der Waals surface area contributed by atoms with Gasteiger partial charge in [-0.05, 0) is 30.8 Å². The van der Waals surface area contributed by atoms with E-state index in [1.165, 1.54) is 5.56 Å². The molecule has 4 heteroatoms. The molecule has 0 aliphatic heterocycles. The maximum Gasteiger partial charge on any atom is 0.176 e. The van der Waals surface area contributed by atoms with Gasteiger partial charge in [0.15, 0.2) is 5.78 Å². The number of carbonyl (C=O) groups is 1. The van der Waals surface area contributed by atoms with Gasteiger partial charge in [-0.2, -0.15) is 0 Å². The van der Waals surface area contributed by atoms with Crippen molar-refractivity contribution in [3.63, 3.8) is 0 Å². The third-order valence-corrected chi connectivity index (χ3v) is 3.48. The summed E-state index contributed by atoms with van der Waals surface area (Å²) in [6.07, 6.45) is 0. The van der Waals surface area contributed by atoms with Gasteiger partial charge in [-0.3, -0.25) is 9.69 Å². The van der Waals surface area contributed by atoms with Gasteiger partial charge in [0.1, 0.15) is 5.75 Å². The Morgan fingerprint density at radius 2 is 1.90 bits per heavy atom. The van der Waals surface area contributed by atoms with E-state index in [1.807, 2.05) is 42.3 Å². The molecule has 0 saturated carbocycles. The van der Waals surface area contributed by atoms with Gasteiger partial charge in [0.05, 0.1) is 18.7 Å². The molecule has 0 saturated heterocycles. The summed E-state index contributed by atoms with van der Waals surface area (Å²) < 4.78 is 5.09. The van der Waals surface area contributed by atoms with Crippen molar-refractivity contribution in [2.24, 2.45) is 0 Å². The molecule has 2 aromatic rings. The van der Waals surface area contributed by atoms with Crippen LogP contribution in [0, 0.1) is 0 Å². The van der Waals surface area contributed by atoms with Gasteiger partial charge in [0, 0.05) is 12.1 Å². The Bertz CT molecular complexity index is 613. The molecule has 0 spiro atoms. The molecule has 110 valence electrons. The molecule has 0 unspecified atom stereocenters. The van der Waals surface area contributed by atoms with Crippen LogP contribution >= 0.6 is 11.6 Å². The number of ketones is 1. The standard InChI is InChI=1S/C17H18ClNO2/c1-19(11-13-6-4-3-5-7-13)12-16(20)14-8-9-17(21-2)15(18)10-14/h3-10H,11-12H2,1-2H3. The monoisotopic (exact) mass is 303 g/mol. The highest BCUT2D eigenvalue weighted by Gasteiger charge is 2.12. The normalized spacial score (nSPS) is 10.7. The van der Waals surface area contributed by atoms with Crippen LogP contribution < -0.4 is 4.74 Å². The lowest BCUT2D eigenvalue weighted by Crippen LogP contribution is -2.25. The van der Waals surface area contributed by atoms with E-state index in [-0.39, 0.29) is 5.78 Å². The second-order valence-electron chi connectivity index (χ2n) is 4.93. The predicted octanol–water partition coefficient (Wildman–Crippen LogP) is 3.66. The summed E-state index contributed by atoms with van der Waals surface area (Å²) in [4.78, 5) is 14.2. The highest BCUT2D eigenvalue weighted by molar-refractivity contribution is 6.32. The van der Waals surface area contributed by atoms with Crippen molar-refractivity contribution in [3.05, 3.63) is 64.7 Å². The van der Waals surface area contributed by atoms with Gasteiger partial charge >= 0.3 is 0 Å². The van der Waals surface area contributed by atoms with E-state index in [2.05, 4.69) is 0 Å². The lowest BCUT2D eigenvalue weighted by molar-refractivity contribution is 0.0943. The van der Waals surface area contributed by atoms with E-state index in [0.29, 0.717) is 22.9 Å². The van der Waals surface area contributed by atoms with Crippen LogP contribution in [0.1, 0.15) is 15.9 Å². The highest BCUT2D eigenvalue weighted by Crippen LogP contribution is 2.25. The Kier molecular flexibility index (Phi) is 5.37. The molecular weight excluding hydrogens is 286 g/mol. The Labute approximate surface area is 130 Å². The predicted molar refractivity (Wildman–Crippen MR) is 85.1 cm³/mol. The molecule has 2 rings (SSSR count). The van der Waals surface area contributed by atoms with Gasteiger partial charge in [0.2, 0.25) is 0 Å². The maximum absolute atomic E-state index is 12.3. The van der Waals surface area contributed by atoms with Crippen molar-refractivity contribution in [2.45, 2.75) is 6.54 Å². The number of hydrogen-bond donors (Lipinski definition) is 0. The SMILES string of the molecule is COc1ccc(C(=O)CN(C)Cc2ccccc2)cc1Cl. The number of nitrogens with zero attached hydrogens (tertiary/aromatic N) is 1. The molecule has 0 N–H and O–H groups in total. The number of rotatable bonds is 6. The Balaban J connectivity index is 1.99. The largest absolute Gasteiger partial charge is 0.495 e. The van der Waals surface area contributed by atoms with E-state index < -0.39 is 0 Å². The molecule has 0 heterocycles. The Morgan fingerprint density at radius 3 is 2.52 bits per heavy atom. The molecule has 3 nitrogen and oxygen atoms in total. The first-order valence-electron chi connectivity index (χ1n) is 6.69. The van der Waals surface area contributed by atoms with Crippen molar-refractivity contribution >= 4 is 17.4 Å². The van der Waals surface area contributed by atoms with Crippen molar-refractivity contribution in [3.8, 4) is 5.75 Å². The zero-order chi connectivity index (χ0) is 15.2. The fraction of sp³-hybridized carbons (Fsp3) is 0.235. The average Bonchev–Trinajstić information content (AvgIpc) is 2.48. The van der Waals surface area contributed by atoms with E-state index in [0.717, 1.165) is 6.54 Å². The van der Waals surface area contributed by atoms with Crippen LogP contribution in [0.4, 0.5) is 0 Å². The molecule has 0 radical (unpaired) electrons. The van der Waals surface area contributed by atoms with Crippen molar-refractivity contribution in [1.82, 2.24) is 4.90 Å². The van der Waals surface area contributed by atoms with Crippen molar-refractivity contribution < 1.29 is 9.53 Å². The van der Waals surface area contributed by atoms with Crippen LogP contribution in [0.5, 0.6) is 5.75 Å². The van der Waals surface area contributed by atoms with Gasteiger partial charge < -0.3 is 4.74 Å². The first-order chi connectivity index (χ1) is 10.1. The van der Waals surface area contributed by atoms with E-state index in [1.54, 1.807) is 25.3 Å². The number of ether oxygens (including phenoxy) is 1. The van der Waals surface area contributed by atoms with Gasteiger partial charge in [-0.25, -0.2) is 0 Å². The fourth-order valence-corrected chi connectivity index (χ4v) is 2.38. The van der Waals surface area contributed by atoms with Crippen LogP contribution in [-0.2, 0) is 6.54 Å². The third-order valence-electron chi connectivity index (χ3n) is 3.18. The molecule has 0 aromatic heterocycles. The Morgan fingerprint density at radius 1 is 1.19 bits per heavy atom. The number of halogens is 1. The third kappa shape index (κ3) is 4.31. The minimum absolute atomic E-state index is 0.0398.